The summed E-state index contributed by atoms with van der Waals surface area (Å²) < 4.78 is 0. The normalized spacial score (nSPS) is 16.6. The molecule has 1 fully saturated rings. The van der Waals surface area contributed by atoms with Gasteiger partial charge in [0.05, 0.1) is 17.6 Å². The Morgan fingerprint density at radius 1 is 1.30 bits per heavy atom. The molecular weight excluding hydrogens is 248 g/mol. The molecule has 0 bridgehead atoms. The molecule has 3 N–H and O–H groups in total. The predicted molar refractivity (Wildman–Crippen MR) is 84.1 cm³/mol. The molecular formula is C16H28N4. The van der Waals surface area contributed by atoms with Crippen LogP contribution in [0.3, 0.4) is 0 Å². The quantitative estimate of drug-likeness (QED) is 0.811. The first-order valence-electron chi connectivity index (χ1n) is 7.83. The van der Waals surface area contributed by atoms with Crippen molar-refractivity contribution in [2.24, 2.45) is 5.73 Å². The summed E-state index contributed by atoms with van der Waals surface area (Å²) >= 11 is 0. The van der Waals surface area contributed by atoms with E-state index < -0.39 is 0 Å². The lowest BCUT2D eigenvalue weighted by atomic mass is 9.94. The van der Waals surface area contributed by atoms with Crippen molar-refractivity contribution in [3.8, 4) is 0 Å². The number of rotatable bonds is 5. The van der Waals surface area contributed by atoms with Crippen LogP contribution in [-0.4, -0.2) is 23.1 Å². The lowest BCUT2D eigenvalue weighted by molar-refractivity contribution is 0.535. The van der Waals surface area contributed by atoms with E-state index in [9.17, 15) is 0 Å². The van der Waals surface area contributed by atoms with Crippen molar-refractivity contribution in [1.29, 1.82) is 0 Å². The molecule has 4 heteroatoms. The highest BCUT2D eigenvalue weighted by molar-refractivity contribution is 5.48. The Morgan fingerprint density at radius 2 is 2.00 bits per heavy atom. The van der Waals surface area contributed by atoms with Gasteiger partial charge in [-0.15, -0.1) is 0 Å². The van der Waals surface area contributed by atoms with Crippen LogP contribution in [0.5, 0.6) is 0 Å². The van der Waals surface area contributed by atoms with Gasteiger partial charge >= 0.3 is 0 Å². The third-order valence-corrected chi connectivity index (χ3v) is 3.93. The molecule has 1 aliphatic rings. The minimum atomic E-state index is 0.00312. The summed E-state index contributed by atoms with van der Waals surface area (Å²) in [5, 5.41) is 3.46. The van der Waals surface area contributed by atoms with Gasteiger partial charge in [-0.25, -0.2) is 9.97 Å². The maximum atomic E-state index is 5.56. The van der Waals surface area contributed by atoms with Crippen LogP contribution in [0.2, 0.25) is 0 Å². The molecule has 0 aliphatic heterocycles. The second-order valence-corrected chi connectivity index (χ2v) is 6.79. The summed E-state index contributed by atoms with van der Waals surface area (Å²) in [4.78, 5) is 9.46. The zero-order chi connectivity index (χ0) is 14.6. The molecule has 1 aromatic heterocycles. The molecule has 1 heterocycles. The molecule has 112 valence electrons. The molecule has 0 saturated heterocycles. The van der Waals surface area contributed by atoms with Gasteiger partial charge in [0.25, 0.3) is 0 Å². The van der Waals surface area contributed by atoms with Gasteiger partial charge in [0.1, 0.15) is 5.82 Å². The maximum Gasteiger partial charge on any atom is 0.134 e. The molecule has 20 heavy (non-hydrogen) atoms. The Bertz CT molecular complexity index is 431. The van der Waals surface area contributed by atoms with E-state index in [1.54, 1.807) is 0 Å². The molecule has 1 aliphatic carbocycles. The maximum absolute atomic E-state index is 5.56. The van der Waals surface area contributed by atoms with Gasteiger partial charge < -0.3 is 11.1 Å². The number of nitrogens with one attached hydrogen (secondary N) is 1. The lowest BCUT2D eigenvalue weighted by Crippen LogP contribution is -2.19. The van der Waals surface area contributed by atoms with Gasteiger partial charge in [0, 0.05) is 17.9 Å². The van der Waals surface area contributed by atoms with Crippen molar-refractivity contribution < 1.29 is 0 Å². The fourth-order valence-electron chi connectivity index (χ4n) is 2.73. The van der Waals surface area contributed by atoms with E-state index in [0.717, 1.165) is 24.5 Å². The molecule has 2 rings (SSSR count). The second kappa shape index (κ2) is 6.53. The van der Waals surface area contributed by atoms with Crippen molar-refractivity contribution >= 4 is 5.69 Å². The smallest absolute Gasteiger partial charge is 0.134 e. The van der Waals surface area contributed by atoms with Crippen LogP contribution in [0.1, 0.15) is 70.3 Å². The number of nitrogens with two attached hydrogens (primary N) is 1. The average Bonchev–Trinajstić information content (AvgIpc) is 2.92. The van der Waals surface area contributed by atoms with Gasteiger partial charge in [-0.2, -0.15) is 0 Å². The van der Waals surface area contributed by atoms with E-state index in [2.05, 4.69) is 31.1 Å². The largest absolute Gasteiger partial charge is 0.382 e. The minimum Gasteiger partial charge on any atom is -0.382 e. The van der Waals surface area contributed by atoms with Crippen LogP contribution in [0.25, 0.3) is 0 Å². The van der Waals surface area contributed by atoms with E-state index >= 15 is 0 Å². The van der Waals surface area contributed by atoms with Crippen molar-refractivity contribution in [2.75, 3.05) is 18.4 Å². The lowest BCUT2D eigenvalue weighted by Gasteiger charge is -2.21. The fourth-order valence-corrected chi connectivity index (χ4v) is 2.73. The summed E-state index contributed by atoms with van der Waals surface area (Å²) in [6.45, 7) is 8.12. The molecule has 1 aromatic rings. The van der Waals surface area contributed by atoms with Gasteiger partial charge in [-0.1, -0.05) is 33.6 Å². The third kappa shape index (κ3) is 3.69. The highest BCUT2D eigenvalue weighted by Gasteiger charge is 2.25. The Morgan fingerprint density at radius 3 is 2.60 bits per heavy atom. The summed E-state index contributed by atoms with van der Waals surface area (Å²) in [6, 6.07) is 0. The zero-order valence-electron chi connectivity index (χ0n) is 13.1. The van der Waals surface area contributed by atoms with Gasteiger partial charge in [0.2, 0.25) is 0 Å². The second-order valence-electron chi connectivity index (χ2n) is 6.79. The number of aromatic nitrogens is 2. The van der Waals surface area contributed by atoms with Crippen LogP contribution in [0.15, 0.2) is 6.20 Å². The Kier molecular flexibility index (Phi) is 4.97. The number of hydrogen-bond donors (Lipinski definition) is 2. The van der Waals surface area contributed by atoms with E-state index in [-0.39, 0.29) is 5.41 Å². The Labute approximate surface area is 122 Å². The molecule has 4 nitrogen and oxygen atoms in total. The Balaban J connectivity index is 2.25. The SMILES string of the molecule is CC(C)(C)c1ncc(NCCCN)c(C2CCCC2)n1. The number of anilines is 1. The third-order valence-electron chi connectivity index (χ3n) is 3.93. The van der Waals surface area contributed by atoms with Crippen molar-refractivity contribution in [2.45, 2.75) is 64.2 Å². The molecule has 0 aromatic carbocycles. The molecule has 0 spiro atoms. The van der Waals surface area contributed by atoms with E-state index in [4.69, 9.17) is 10.7 Å². The molecule has 0 unspecified atom stereocenters. The van der Waals surface area contributed by atoms with Gasteiger partial charge in [-0.05, 0) is 25.8 Å². The summed E-state index contributed by atoms with van der Waals surface area (Å²) in [7, 11) is 0. The van der Waals surface area contributed by atoms with Crippen molar-refractivity contribution in [3.63, 3.8) is 0 Å². The molecule has 1 saturated carbocycles. The first-order chi connectivity index (χ1) is 9.52. The van der Waals surface area contributed by atoms with Crippen LogP contribution < -0.4 is 11.1 Å². The van der Waals surface area contributed by atoms with Crippen molar-refractivity contribution in [1.82, 2.24) is 9.97 Å². The van der Waals surface area contributed by atoms with Crippen LogP contribution in [0, 0.1) is 0 Å². The first kappa shape index (κ1) is 15.2. The summed E-state index contributed by atoms with van der Waals surface area (Å²) in [6.07, 6.45) is 8.10. The number of nitrogens with zero attached hydrogens (tertiary/aromatic N) is 2. The zero-order valence-corrected chi connectivity index (χ0v) is 13.1. The Hall–Kier alpha value is -1.16. The van der Waals surface area contributed by atoms with Crippen LogP contribution in [0.4, 0.5) is 5.69 Å². The average molecular weight is 276 g/mol. The van der Waals surface area contributed by atoms with Crippen molar-refractivity contribution in [3.05, 3.63) is 17.7 Å². The predicted octanol–water partition coefficient (Wildman–Crippen LogP) is 3.19. The monoisotopic (exact) mass is 276 g/mol. The molecule has 0 radical (unpaired) electrons. The fraction of sp³-hybridized carbons (Fsp3) is 0.750. The van der Waals surface area contributed by atoms with Crippen LogP contribution in [-0.2, 0) is 5.41 Å². The van der Waals surface area contributed by atoms with E-state index in [0.29, 0.717) is 12.5 Å². The van der Waals surface area contributed by atoms with E-state index in [1.165, 1.54) is 31.4 Å². The number of hydrogen-bond acceptors (Lipinski definition) is 4. The molecule has 0 atom stereocenters. The summed E-state index contributed by atoms with van der Waals surface area (Å²) in [5.74, 6) is 1.54. The highest BCUT2D eigenvalue weighted by Crippen LogP contribution is 2.37. The summed E-state index contributed by atoms with van der Waals surface area (Å²) in [5.41, 5.74) is 7.90. The molecule has 0 amide bonds. The highest BCUT2D eigenvalue weighted by atomic mass is 15.0. The topological polar surface area (TPSA) is 63.8 Å². The van der Waals surface area contributed by atoms with E-state index in [1.807, 2.05) is 6.20 Å². The minimum absolute atomic E-state index is 0.00312. The van der Waals surface area contributed by atoms with Gasteiger partial charge in [0.15, 0.2) is 0 Å². The standard InChI is InChI=1S/C16H28N4/c1-16(2,3)15-19-11-13(18-10-6-9-17)14(20-15)12-7-4-5-8-12/h11-12,18H,4-10,17H2,1-3H3. The van der Waals surface area contributed by atoms with Gasteiger partial charge in [-0.3, -0.25) is 0 Å². The first-order valence-corrected chi connectivity index (χ1v) is 7.83. The van der Waals surface area contributed by atoms with Crippen LogP contribution >= 0.6 is 0 Å².